The molecule has 3 fully saturated rings. The third kappa shape index (κ3) is 2.65. The van der Waals surface area contributed by atoms with Crippen LogP contribution in [-0.2, 0) is 9.47 Å². The Labute approximate surface area is 103 Å². The molecule has 17 heavy (non-hydrogen) atoms. The maximum atomic E-state index is 6.14. The molecular formula is C13H24N2O2. The van der Waals surface area contributed by atoms with Gasteiger partial charge in [-0.15, -0.1) is 0 Å². The van der Waals surface area contributed by atoms with Gasteiger partial charge in [0, 0.05) is 32.0 Å². The highest BCUT2D eigenvalue weighted by atomic mass is 16.7. The number of piperidine rings is 1. The van der Waals surface area contributed by atoms with Crippen LogP contribution >= 0.6 is 0 Å². The van der Waals surface area contributed by atoms with Gasteiger partial charge in [-0.1, -0.05) is 0 Å². The van der Waals surface area contributed by atoms with Crippen LogP contribution < -0.4 is 5.73 Å². The molecular weight excluding hydrogens is 216 g/mol. The van der Waals surface area contributed by atoms with Crippen molar-refractivity contribution in [3.63, 3.8) is 0 Å². The van der Waals surface area contributed by atoms with Gasteiger partial charge in [0.25, 0.3) is 0 Å². The normalized spacial score (nSPS) is 37.9. The first-order valence-corrected chi connectivity index (χ1v) is 7.05. The Morgan fingerprint density at radius 2 is 2.06 bits per heavy atom. The molecule has 1 unspecified atom stereocenters. The summed E-state index contributed by atoms with van der Waals surface area (Å²) in [4.78, 5) is 2.44. The Balaban J connectivity index is 1.50. The van der Waals surface area contributed by atoms with Crippen LogP contribution in [0.2, 0.25) is 0 Å². The molecule has 2 saturated heterocycles. The van der Waals surface area contributed by atoms with E-state index in [0.717, 1.165) is 32.5 Å². The van der Waals surface area contributed by atoms with Crippen LogP contribution in [-0.4, -0.2) is 49.1 Å². The van der Waals surface area contributed by atoms with Gasteiger partial charge in [0.15, 0.2) is 5.79 Å². The highest BCUT2D eigenvalue weighted by Crippen LogP contribution is 2.39. The lowest BCUT2D eigenvalue weighted by molar-refractivity contribution is -0.163. The van der Waals surface area contributed by atoms with Crippen LogP contribution in [0.3, 0.4) is 0 Å². The van der Waals surface area contributed by atoms with Gasteiger partial charge in [0.1, 0.15) is 0 Å². The zero-order chi connectivity index (χ0) is 11.7. The first kappa shape index (κ1) is 11.9. The second-order valence-electron chi connectivity index (χ2n) is 5.83. The molecule has 3 aliphatic rings. The van der Waals surface area contributed by atoms with Gasteiger partial charge >= 0.3 is 0 Å². The number of hydrogen-bond donors (Lipinski definition) is 1. The second kappa shape index (κ2) is 4.84. The predicted octanol–water partition coefficient (Wildman–Crippen LogP) is 1.10. The van der Waals surface area contributed by atoms with E-state index in [1.54, 1.807) is 0 Å². The van der Waals surface area contributed by atoms with E-state index in [0.29, 0.717) is 6.04 Å². The molecule has 0 bridgehead atoms. The van der Waals surface area contributed by atoms with Crippen molar-refractivity contribution in [2.75, 3.05) is 26.2 Å². The van der Waals surface area contributed by atoms with Crippen LogP contribution in [0.25, 0.3) is 0 Å². The average molecular weight is 240 g/mol. The summed E-state index contributed by atoms with van der Waals surface area (Å²) in [6, 6.07) is 0.353. The van der Waals surface area contributed by atoms with E-state index in [9.17, 15) is 0 Å². The largest absolute Gasteiger partial charge is 0.347 e. The maximum absolute atomic E-state index is 6.14. The Kier molecular flexibility index (Phi) is 3.39. The smallest absolute Gasteiger partial charge is 0.168 e. The van der Waals surface area contributed by atoms with E-state index in [2.05, 4.69) is 4.90 Å². The van der Waals surface area contributed by atoms with Crippen molar-refractivity contribution in [2.24, 2.45) is 5.73 Å². The summed E-state index contributed by atoms with van der Waals surface area (Å²) in [6.45, 7) is 3.95. The minimum Gasteiger partial charge on any atom is -0.347 e. The highest BCUT2D eigenvalue weighted by Gasteiger charge is 2.44. The minimum atomic E-state index is -0.206. The van der Waals surface area contributed by atoms with Gasteiger partial charge in [0.2, 0.25) is 0 Å². The van der Waals surface area contributed by atoms with E-state index >= 15 is 0 Å². The van der Waals surface area contributed by atoms with Crippen LogP contribution in [0.5, 0.6) is 0 Å². The molecule has 4 nitrogen and oxygen atoms in total. The molecule has 2 atom stereocenters. The number of nitrogens with zero attached hydrogens (tertiary/aromatic N) is 1. The van der Waals surface area contributed by atoms with Gasteiger partial charge in [0.05, 0.1) is 12.7 Å². The Morgan fingerprint density at radius 3 is 2.82 bits per heavy atom. The number of rotatable bonds is 2. The summed E-state index contributed by atoms with van der Waals surface area (Å²) in [7, 11) is 0. The monoisotopic (exact) mass is 240 g/mol. The van der Waals surface area contributed by atoms with E-state index in [1.165, 1.54) is 32.2 Å². The molecule has 0 amide bonds. The molecule has 0 aromatic carbocycles. The zero-order valence-electron chi connectivity index (χ0n) is 10.6. The van der Waals surface area contributed by atoms with E-state index in [-0.39, 0.29) is 11.9 Å². The molecule has 98 valence electrons. The fraction of sp³-hybridized carbons (Fsp3) is 1.00. The van der Waals surface area contributed by atoms with Crippen LogP contribution in [0.15, 0.2) is 0 Å². The van der Waals surface area contributed by atoms with Gasteiger partial charge in [-0.25, -0.2) is 0 Å². The molecule has 2 aliphatic heterocycles. The zero-order valence-corrected chi connectivity index (χ0v) is 10.6. The standard InChI is InChI=1S/C13H24N2O2/c14-11-4-3-7-15(8-11)9-12-10-16-13(17-12)5-1-2-6-13/h11-12H,1-10,14H2/t11-,12?/m1/s1. The molecule has 0 aromatic heterocycles. The fourth-order valence-electron chi connectivity index (χ4n) is 3.43. The molecule has 2 N–H and O–H groups in total. The number of likely N-dealkylation sites (tertiary alicyclic amines) is 1. The molecule has 0 radical (unpaired) electrons. The topological polar surface area (TPSA) is 47.7 Å². The molecule has 1 spiro atoms. The number of hydrogen-bond acceptors (Lipinski definition) is 4. The maximum Gasteiger partial charge on any atom is 0.168 e. The lowest BCUT2D eigenvalue weighted by Gasteiger charge is -2.32. The van der Waals surface area contributed by atoms with Gasteiger partial charge < -0.3 is 15.2 Å². The van der Waals surface area contributed by atoms with Crippen LogP contribution in [0.4, 0.5) is 0 Å². The number of ether oxygens (including phenoxy) is 2. The fourth-order valence-corrected chi connectivity index (χ4v) is 3.43. The van der Waals surface area contributed by atoms with E-state index < -0.39 is 0 Å². The van der Waals surface area contributed by atoms with Crippen molar-refractivity contribution in [2.45, 2.75) is 56.5 Å². The molecule has 4 heteroatoms. The van der Waals surface area contributed by atoms with E-state index in [4.69, 9.17) is 15.2 Å². The lowest BCUT2D eigenvalue weighted by atomic mass is 10.1. The molecule has 1 aliphatic carbocycles. The van der Waals surface area contributed by atoms with Gasteiger partial charge in [-0.3, -0.25) is 4.90 Å². The molecule has 0 aromatic rings. The first-order valence-electron chi connectivity index (χ1n) is 7.05. The number of nitrogens with two attached hydrogens (primary N) is 1. The van der Waals surface area contributed by atoms with Crippen LogP contribution in [0, 0.1) is 0 Å². The summed E-state index contributed by atoms with van der Waals surface area (Å²) in [5.74, 6) is -0.206. The van der Waals surface area contributed by atoms with Crippen LogP contribution in [0.1, 0.15) is 38.5 Å². The summed E-state index contributed by atoms with van der Waals surface area (Å²) in [5, 5.41) is 0. The minimum absolute atomic E-state index is 0.206. The molecule has 2 heterocycles. The highest BCUT2D eigenvalue weighted by molar-refractivity contribution is 4.86. The SMILES string of the molecule is N[C@@H]1CCCN(CC2COC3(CCCC3)O2)C1. The quantitative estimate of drug-likeness (QED) is 0.785. The van der Waals surface area contributed by atoms with Crippen molar-refractivity contribution >= 4 is 0 Å². The van der Waals surface area contributed by atoms with Crippen molar-refractivity contribution in [3.05, 3.63) is 0 Å². The predicted molar refractivity (Wildman–Crippen MR) is 65.7 cm³/mol. The molecule has 3 rings (SSSR count). The van der Waals surface area contributed by atoms with Crippen molar-refractivity contribution in [3.8, 4) is 0 Å². The second-order valence-corrected chi connectivity index (χ2v) is 5.83. The summed E-state index contributed by atoms with van der Waals surface area (Å²) in [6.07, 6.45) is 7.33. The third-order valence-electron chi connectivity index (χ3n) is 4.28. The first-order chi connectivity index (χ1) is 8.26. The van der Waals surface area contributed by atoms with Crippen molar-refractivity contribution < 1.29 is 9.47 Å². The Bertz CT molecular complexity index is 266. The molecule has 1 saturated carbocycles. The van der Waals surface area contributed by atoms with Crippen molar-refractivity contribution in [1.82, 2.24) is 4.90 Å². The summed E-state index contributed by atoms with van der Waals surface area (Å²) >= 11 is 0. The Morgan fingerprint density at radius 1 is 1.24 bits per heavy atom. The van der Waals surface area contributed by atoms with Gasteiger partial charge in [-0.2, -0.15) is 0 Å². The average Bonchev–Trinajstić information content (AvgIpc) is 2.90. The van der Waals surface area contributed by atoms with E-state index in [1.807, 2.05) is 0 Å². The Hall–Kier alpha value is -0.160. The summed E-state index contributed by atoms with van der Waals surface area (Å²) < 4.78 is 12.0. The lowest BCUT2D eigenvalue weighted by Crippen LogP contribution is -2.46. The van der Waals surface area contributed by atoms with Gasteiger partial charge in [-0.05, 0) is 32.2 Å². The third-order valence-corrected chi connectivity index (χ3v) is 4.28. The summed E-state index contributed by atoms with van der Waals surface area (Å²) in [5.41, 5.74) is 6.00. The van der Waals surface area contributed by atoms with Crippen molar-refractivity contribution in [1.29, 1.82) is 0 Å².